The third-order valence-corrected chi connectivity index (χ3v) is 7.51. The Hall–Kier alpha value is -1.49. The predicted octanol–water partition coefficient (Wildman–Crippen LogP) is 3.21. The standard InChI is InChI=1S/C19H19BrCl2N4O3S/c20-15-2-5-17(6-3-15)30(28,29)26-9-7-25(8-10-26)13-19(27)24-23-12-14-1-4-16(21)11-18(14)22/h1-6,11-12H,7-10,13H2,(H,24,27). The van der Waals surface area contributed by atoms with E-state index >= 15 is 0 Å². The molecule has 7 nitrogen and oxygen atoms in total. The lowest BCUT2D eigenvalue weighted by Crippen LogP contribution is -2.50. The van der Waals surface area contributed by atoms with Gasteiger partial charge in [0.15, 0.2) is 0 Å². The number of amides is 1. The largest absolute Gasteiger partial charge is 0.292 e. The molecule has 3 rings (SSSR count). The van der Waals surface area contributed by atoms with E-state index in [1.807, 2.05) is 4.90 Å². The molecule has 1 N–H and O–H groups in total. The van der Waals surface area contributed by atoms with Crippen molar-refractivity contribution in [3.8, 4) is 0 Å². The Labute approximate surface area is 193 Å². The van der Waals surface area contributed by atoms with Crippen LogP contribution in [0.4, 0.5) is 0 Å². The third kappa shape index (κ3) is 6.03. The molecule has 2 aromatic rings. The number of carbonyl (C=O) groups is 1. The zero-order valence-electron chi connectivity index (χ0n) is 15.8. The van der Waals surface area contributed by atoms with Crippen molar-refractivity contribution in [3.05, 3.63) is 62.5 Å². The SMILES string of the molecule is O=C(CN1CCN(S(=O)(=O)c2ccc(Br)cc2)CC1)NN=Cc1ccc(Cl)cc1Cl. The van der Waals surface area contributed by atoms with Gasteiger partial charge in [-0.3, -0.25) is 9.69 Å². The van der Waals surface area contributed by atoms with Gasteiger partial charge in [-0.05, 0) is 36.4 Å². The molecule has 0 bridgehead atoms. The normalized spacial score (nSPS) is 16.1. The lowest BCUT2D eigenvalue weighted by Gasteiger charge is -2.33. The first kappa shape index (κ1) is 23.2. The van der Waals surface area contributed by atoms with Gasteiger partial charge in [0, 0.05) is 41.2 Å². The van der Waals surface area contributed by atoms with Crippen LogP contribution in [0.3, 0.4) is 0 Å². The van der Waals surface area contributed by atoms with Gasteiger partial charge in [-0.15, -0.1) is 0 Å². The maximum atomic E-state index is 12.7. The number of halogens is 3. The average molecular weight is 534 g/mol. The number of rotatable bonds is 6. The number of hydrogen-bond donors (Lipinski definition) is 1. The minimum absolute atomic E-state index is 0.123. The van der Waals surface area contributed by atoms with E-state index in [4.69, 9.17) is 23.2 Å². The molecule has 1 aliphatic rings. The van der Waals surface area contributed by atoms with E-state index in [2.05, 4.69) is 26.5 Å². The Morgan fingerprint density at radius 2 is 1.77 bits per heavy atom. The second-order valence-electron chi connectivity index (χ2n) is 6.59. The zero-order chi connectivity index (χ0) is 21.7. The molecule has 0 atom stereocenters. The van der Waals surface area contributed by atoms with Crippen molar-refractivity contribution < 1.29 is 13.2 Å². The number of carbonyl (C=O) groups excluding carboxylic acids is 1. The van der Waals surface area contributed by atoms with Crippen molar-refractivity contribution in [2.75, 3.05) is 32.7 Å². The van der Waals surface area contributed by atoms with Crippen LogP contribution in [0.15, 0.2) is 56.9 Å². The summed E-state index contributed by atoms with van der Waals surface area (Å²) in [5.74, 6) is -0.291. The van der Waals surface area contributed by atoms with Crippen molar-refractivity contribution in [3.63, 3.8) is 0 Å². The van der Waals surface area contributed by atoms with E-state index in [9.17, 15) is 13.2 Å². The first-order valence-electron chi connectivity index (χ1n) is 9.01. The van der Waals surface area contributed by atoms with Gasteiger partial charge in [0.05, 0.1) is 22.7 Å². The number of sulfonamides is 1. The Morgan fingerprint density at radius 3 is 2.40 bits per heavy atom. The fourth-order valence-electron chi connectivity index (χ4n) is 2.90. The van der Waals surface area contributed by atoms with Crippen LogP contribution in [0, 0.1) is 0 Å². The molecule has 30 heavy (non-hydrogen) atoms. The van der Waals surface area contributed by atoms with Crippen LogP contribution in [-0.2, 0) is 14.8 Å². The number of benzene rings is 2. The summed E-state index contributed by atoms with van der Waals surface area (Å²) in [6, 6.07) is 11.5. The molecule has 0 spiro atoms. The Balaban J connectivity index is 1.48. The van der Waals surface area contributed by atoms with Crippen molar-refractivity contribution in [1.82, 2.24) is 14.6 Å². The van der Waals surface area contributed by atoms with E-state index in [1.54, 1.807) is 42.5 Å². The topological polar surface area (TPSA) is 82.1 Å². The molecule has 1 heterocycles. The molecule has 1 aliphatic heterocycles. The molecule has 2 aromatic carbocycles. The summed E-state index contributed by atoms with van der Waals surface area (Å²) in [5, 5.41) is 4.86. The molecule has 11 heteroatoms. The molecule has 0 radical (unpaired) electrons. The quantitative estimate of drug-likeness (QED) is 0.456. The Morgan fingerprint density at radius 1 is 1.10 bits per heavy atom. The van der Waals surface area contributed by atoms with Gasteiger partial charge < -0.3 is 0 Å². The lowest BCUT2D eigenvalue weighted by atomic mass is 10.2. The summed E-state index contributed by atoms with van der Waals surface area (Å²) in [6.07, 6.45) is 1.44. The molecule has 1 amide bonds. The van der Waals surface area contributed by atoms with Crippen molar-refractivity contribution in [2.45, 2.75) is 4.90 Å². The zero-order valence-corrected chi connectivity index (χ0v) is 19.7. The number of hydrazone groups is 1. The van der Waals surface area contributed by atoms with Crippen LogP contribution in [0.25, 0.3) is 0 Å². The summed E-state index contributed by atoms with van der Waals surface area (Å²) in [4.78, 5) is 14.3. The minimum Gasteiger partial charge on any atom is -0.292 e. The monoisotopic (exact) mass is 532 g/mol. The first-order chi connectivity index (χ1) is 14.3. The van der Waals surface area contributed by atoms with Crippen LogP contribution in [0.5, 0.6) is 0 Å². The van der Waals surface area contributed by atoms with E-state index < -0.39 is 10.0 Å². The van der Waals surface area contributed by atoms with Gasteiger partial charge in [-0.25, -0.2) is 13.8 Å². The molecule has 0 aromatic heterocycles. The number of piperazine rings is 1. The molecule has 0 saturated carbocycles. The summed E-state index contributed by atoms with van der Waals surface area (Å²) in [6.45, 7) is 1.66. The molecular weight excluding hydrogens is 515 g/mol. The summed E-state index contributed by atoms with van der Waals surface area (Å²) >= 11 is 15.2. The van der Waals surface area contributed by atoms with Crippen LogP contribution < -0.4 is 5.43 Å². The summed E-state index contributed by atoms with van der Waals surface area (Å²) < 4.78 is 27.7. The van der Waals surface area contributed by atoms with Crippen LogP contribution in [0.2, 0.25) is 10.0 Å². The molecule has 0 aliphatic carbocycles. The molecule has 1 fully saturated rings. The van der Waals surface area contributed by atoms with Gasteiger partial charge in [0.2, 0.25) is 10.0 Å². The molecule has 0 unspecified atom stereocenters. The van der Waals surface area contributed by atoms with Crippen molar-refractivity contribution in [2.24, 2.45) is 5.10 Å². The highest BCUT2D eigenvalue weighted by atomic mass is 79.9. The smallest absolute Gasteiger partial charge is 0.254 e. The molecular formula is C19H19BrCl2N4O3S. The summed E-state index contributed by atoms with van der Waals surface area (Å²) in [5.41, 5.74) is 3.09. The van der Waals surface area contributed by atoms with E-state index in [0.29, 0.717) is 41.8 Å². The molecule has 1 saturated heterocycles. The lowest BCUT2D eigenvalue weighted by molar-refractivity contribution is -0.122. The third-order valence-electron chi connectivity index (χ3n) is 4.51. The molecule has 160 valence electrons. The Kier molecular flexibility index (Phi) is 7.89. The number of nitrogens with zero attached hydrogens (tertiary/aromatic N) is 3. The van der Waals surface area contributed by atoms with Crippen LogP contribution >= 0.6 is 39.1 Å². The first-order valence-corrected chi connectivity index (χ1v) is 12.0. The van der Waals surface area contributed by atoms with Crippen LogP contribution in [0.1, 0.15) is 5.56 Å². The maximum absolute atomic E-state index is 12.7. The fourth-order valence-corrected chi connectivity index (χ4v) is 5.05. The highest BCUT2D eigenvalue weighted by Gasteiger charge is 2.28. The second-order valence-corrected chi connectivity index (χ2v) is 10.3. The van der Waals surface area contributed by atoms with Crippen molar-refractivity contribution >= 4 is 61.3 Å². The van der Waals surface area contributed by atoms with E-state index in [-0.39, 0.29) is 17.3 Å². The van der Waals surface area contributed by atoms with Crippen molar-refractivity contribution in [1.29, 1.82) is 0 Å². The average Bonchev–Trinajstić information content (AvgIpc) is 2.70. The van der Waals surface area contributed by atoms with Gasteiger partial charge >= 0.3 is 0 Å². The Bertz CT molecular complexity index is 1040. The minimum atomic E-state index is -3.54. The fraction of sp³-hybridized carbons (Fsp3) is 0.263. The van der Waals surface area contributed by atoms with Gasteiger partial charge in [-0.2, -0.15) is 9.41 Å². The number of hydrogen-bond acceptors (Lipinski definition) is 5. The van der Waals surface area contributed by atoms with E-state index in [1.165, 1.54) is 10.5 Å². The number of nitrogens with one attached hydrogen (secondary N) is 1. The van der Waals surface area contributed by atoms with Gasteiger partial charge in [0.25, 0.3) is 5.91 Å². The van der Waals surface area contributed by atoms with E-state index in [0.717, 1.165) is 4.47 Å². The van der Waals surface area contributed by atoms with Gasteiger partial charge in [0.1, 0.15) is 0 Å². The maximum Gasteiger partial charge on any atom is 0.254 e. The van der Waals surface area contributed by atoms with Crippen LogP contribution in [-0.4, -0.2) is 62.5 Å². The predicted molar refractivity (Wildman–Crippen MR) is 122 cm³/mol. The summed E-state index contributed by atoms with van der Waals surface area (Å²) in [7, 11) is -3.54. The highest BCUT2D eigenvalue weighted by Crippen LogP contribution is 2.20. The highest BCUT2D eigenvalue weighted by molar-refractivity contribution is 9.10. The second kappa shape index (κ2) is 10.2. The van der Waals surface area contributed by atoms with Gasteiger partial charge in [-0.1, -0.05) is 45.2 Å².